The van der Waals surface area contributed by atoms with E-state index in [4.69, 9.17) is 0 Å². The molecule has 146 valence electrons. The van der Waals surface area contributed by atoms with Gasteiger partial charge in [-0.25, -0.2) is 8.78 Å². The molecular weight excluding hydrogens is 342 g/mol. The summed E-state index contributed by atoms with van der Waals surface area (Å²) in [6, 6.07) is 9.61. The van der Waals surface area contributed by atoms with Crippen molar-refractivity contribution in [2.24, 2.45) is 5.92 Å². The van der Waals surface area contributed by atoms with Crippen molar-refractivity contribution in [3.05, 3.63) is 82.4 Å². The lowest BCUT2D eigenvalue weighted by Gasteiger charge is -2.10. The van der Waals surface area contributed by atoms with Crippen LogP contribution in [-0.2, 0) is 6.42 Å². The lowest BCUT2D eigenvalue weighted by atomic mass is 9.96. The normalized spacial score (nSPS) is 10.3. The van der Waals surface area contributed by atoms with Gasteiger partial charge < -0.3 is 5.11 Å². The summed E-state index contributed by atoms with van der Waals surface area (Å²) in [5.41, 5.74) is 6.33. The van der Waals surface area contributed by atoms with Crippen molar-refractivity contribution in [2.45, 2.75) is 48.0 Å². The first-order chi connectivity index (χ1) is 12.5. The molecule has 2 aromatic carbocycles. The molecular formula is C24H30F2O. The number of aryl methyl sites for hydroxylation is 1. The van der Waals surface area contributed by atoms with Gasteiger partial charge in [-0.3, -0.25) is 0 Å². The van der Waals surface area contributed by atoms with E-state index in [9.17, 15) is 13.9 Å². The van der Waals surface area contributed by atoms with Gasteiger partial charge in [0.25, 0.3) is 0 Å². The minimum atomic E-state index is -0.514. The third kappa shape index (κ3) is 7.01. The van der Waals surface area contributed by atoms with Crippen molar-refractivity contribution < 1.29 is 13.9 Å². The van der Waals surface area contributed by atoms with Crippen molar-refractivity contribution in [3.63, 3.8) is 0 Å². The molecule has 0 radical (unpaired) electrons. The lowest BCUT2D eigenvalue weighted by molar-refractivity contribution is 0.514. The smallest absolute Gasteiger partial charge is 0.129 e. The Morgan fingerprint density at radius 1 is 1.04 bits per heavy atom. The number of aliphatic hydroxyl groups excluding tert-OH is 1. The predicted octanol–water partition coefficient (Wildman–Crippen LogP) is 7.50. The van der Waals surface area contributed by atoms with E-state index < -0.39 is 11.6 Å². The molecule has 0 aliphatic carbocycles. The van der Waals surface area contributed by atoms with Gasteiger partial charge in [-0.15, -0.1) is 0 Å². The Labute approximate surface area is 162 Å². The molecule has 0 amide bonds. The third-order valence-electron chi connectivity index (χ3n) is 4.37. The molecule has 0 saturated heterocycles. The maximum Gasteiger partial charge on any atom is 0.129 e. The van der Waals surface area contributed by atoms with Crippen molar-refractivity contribution in [3.8, 4) is 0 Å². The first kappa shape index (κ1) is 22.6. The Morgan fingerprint density at radius 2 is 1.67 bits per heavy atom. The standard InChI is InChI=1S/C14H18O.C10H12F2/c1-9(2)11(4)14-8-13(12(5)15)7-6-10(14)3;1-7(2)5-8-3-4-9(11)6-10(8)12/h6-8,15H,5H2,1-4H3;3-4,6-7H,5H2,1-2H3. The summed E-state index contributed by atoms with van der Waals surface area (Å²) < 4.78 is 25.4. The molecule has 0 unspecified atom stereocenters. The summed E-state index contributed by atoms with van der Waals surface area (Å²) >= 11 is 0. The van der Waals surface area contributed by atoms with Crippen molar-refractivity contribution in [2.75, 3.05) is 0 Å². The van der Waals surface area contributed by atoms with E-state index in [2.05, 4.69) is 34.3 Å². The highest BCUT2D eigenvalue weighted by Gasteiger charge is 2.06. The van der Waals surface area contributed by atoms with Gasteiger partial charge in [-0.2, -0.15) is 0 Å². The molecule has 0 saturated carbocycles. The summed E-state index contributed by atoms with van der Waals surface area (Å²) in [7, 11) is 0. The summed E-state index contributed by atoms with van der Waals surface area (Å²) in [5, 5.41) is 9.35. The largest absolute Gasteiger partial charge is 0.508 e. The molecule has 0 aromatic heterocycles. The van der Waals surface area contributed by atoms with Gasteiger partial charge in [-0.1, -0.05) is 44.2 Å². The molecule has 1 N–H and O–H groups in total. The molecule has 0 bridgehead atoms. The fourth-order valence-corrected chi connectivity index (χ4v) is 2.60. The zero-order valence-electron chi connectivity index (χ0n) is 17.2. The fraction of sp³-hybridized carbons (Fsp3) is 0.333. The lowest BCUT2D eigenvalue weighted by Crippen LogP contribution is -1.97. The average molecular weight is 372 g/mol. The topological polar surface area (TPSA) is 20.2 Å². The summed E-state index contributed by atoms with van der Waals surface area (Å²) in [4.78, 5) is 0. The molecule has 27 heavy (non-hydrogen) atoms. The maximum atomic E-state index is 13.0. The molecule has 0 atom stereocenters. The Balaban J connectivity index is 0.000000277. The van der Waals surface area contributed by atoms with Crippen LogP contribution in [0.3, 0.4) is 0 Å². The van der Waals surface area contributed by atoms with Crippen LogP contribution in [0.1, 0.15) is 56.9 Å². The Kier molecular flexibility index (Phi) is 8.42. The van der Waals surface area contributed by atoms with Crippen LogP contribution in [-0.4, -0.2) is 5.11 Å². The molecule has 2 rings (SSSR count). The van der Waals surface area contributed by atoms with Gasteiger partial charge in [0, 0.05) is 11.6 Å². The van der Waals surface area contributed by atoms with Gasteiger partial charge in [0.1, 0.15) is 17.4 Å². The molecule has 0 fully saturated rings. The number of hydrogen-bond donors (Lipinski definition) is 1. The summed E-state index contributed by atoms with van der Waals surface area (Å²) in [5.74, 6) is -0.438. The van der Waals surface area contributed by atoms with Gasteiger partial charge in [0.05, 0.1) is 0 Å². The monoisotopic (exact) mass is 372 g/mol. The van der Waals surface area contributed by atoms with Crippen LogP contribution >= 0.6 is 0 Å². The van der Waals surface area contributed by atoms with Crippen molar-refractivity contribution in [1.29, 1.82) is 0 Å². The minimum absolute atomic E-state index is 0.123. The third-order valence-corrected chi connectivity index (χ3v) is 4.37. The van der Waals surface area contributed by atoms with Crippen LogP contribution in [0.4, 0.5) is 8.78 Å². The zero-order valence-corrected chi connectivity index (χ0v) is 17.2. The number of benzene rings is 2. The quantitative estimate of drug-likeness (QED) is 0.551. The van der Waals surface area contributed by atoms with Gasteiger partial charge in [0.2, 0.25) is 0 Å². The van der Waals surface area contributed by atoms with Crippen LogP contribution in [0, 0.1) is 24.5 Å². The highest BCUT2D eigenvalue weighted by molar-refractivity contribution is 5.72. The molecule has 1 nitrogen and oxygen atoms in total. The second-order valence-corrected chi connectivity index (χ2v) is 7.44. The minimum Gasteiger partial charge on any atom is -0.508 e. The fourth-order valence-electron chi connectivity index (χ4n) is 2.60. The van der Waals surface area contributed by atoms with Crippen LogP contribution < -0.4 is 0 Å². The highest BCUT2D eigenvalue weighted by Crippen LogP contribution is 2.24. The molecule has 3 heteroatoms. The summed E-state index contributed by atoms with van der Waals surface area (Å²) in [6.07, 6.45) is 0.659. The van der Waals surface area contributed by atoms with Gasteiger partial charge >= 0.3 is 0 Å². The Bertz CT molecular complexity index is 828. The average Bonchev–Trinajstić information content (AvgIpc) is 2.57. The second-order valence-electron chi connectivity index (χ2n) is 7.44. The van der Waals surface area contributed by atoms with E-state index >= 15 is 0 Å². The molecule has 0 heterocycles. The SMILES string of the molecule is C=C(O)c1ccc(C)c(C(C)=C(C)C)c1.CC(C)Cc1ccc(F)cc1F. The molecule has 2 aromatic rings. The molecule has 0 aliphatic heterocycles. The second kappa shape index (κ2) is 10.1. The van der Waals surface area contributed by atoms with Crippen molar-refractivity contribution in [1.82, 2.24) is 0 Å². The van der Waals surface area contributed by atoms with E-state index in [0.29, 0.717) is 17.9 Å². The van der Waals surface area contributed by atoms with E-state index in [1.807, 2.05) is 32.0 Å². The van der Waals surface area contributed by atoms with Crippen LogP contribution in [0.2, 0.25) is 0 Å². The van der Waals surface area contributed by atoms with Gasteiger partial charge in [0.15, 0.2) is 0 Å². The predicted molar refractivity (Wildman–Crippen MR) is 112 cm³/mol. The van der Waals surface area contributed by atoms with E-state index in [1.165, 1.54) is 34.4 Å². The van der Waals surface area contributed by atoms with E-state index in [-0.39, 0.29) is 5.76 Å². The number of hydrogen-bond acceptors (Lipinski definition) is 1. The number of allylic oxidation sites excluding steroid dienone is 2. The number of aliphatic hydroxyl groups is 1. The van der Waals surface area contributed by atoms with Crippen LogP contribution in [0.25, 0.3) is 11.3 Å². The van der Waals surface area contributed by atoms with Crippen LogP contribution in [0.15, 0.2) is 48.6 Å². The van der Waals surface area contributed by atoms with E-state index in [0.717, 1.165) is 11.6 Å². The Hall–Kier alpha value is -2.42. The number of halogens is 2. The van der Waals surface area contributed by atoms with Crippen molar-refractivity contribution >= 4 is 11.3 Å². The molecule has 0 spiro atoms. The highest BCUT2D eigenvalue weighted by atomic mass is 19.1. The van der Waals surface area contributed by atoms with Gasteiger partial charge in [-0.05, 0) is 74.4 Å². The first-order valence-corrected chi connectivity index (χ1v) is 9.10. The first-order valence-electron chi connectivity index (χ1n) is 9.10. The number of rotatable bonds is 4. The van der Waals surface area contributed by atoms with E-state index in [1.54, 1.807) is 0 Å². The molecule has 0 aliphatic rings. The Morgan fingerprint density at radius 3 is 2.15 bits per heavy atom. The zero-order chi connectivity index (χ0) is 20.7. The van der Waals surface area contributed by atoms with Crippen LogP contribution in [0.5, 0.6) is 0 Å². The summed E-state index contributed by atoms with van der Waals surface area (Å²) in [6.45, 7) is 15.9. The maximum absolute atomic E-state index is 13.0.